The minimum Gasteiger partial charge on any atom is -0.481 e. The summed E-state index contributed by atoms with van der Waals surface area (Å²) in [5.41, 5.74) is 0.132. The molecule has 1 aliphatic carbocycles. The van der Waals surface area contributed by atoms with Crippen LogP contribution in [0.25, 0.3) is 0 Å². The highest BCUT2D eigenvalue weighted by molar-refractivity contribution is 7.89. The zero-order valence-corrected chi connectivity index (χ0v) is 11.4. The van der Waals surface area contributed by atoms with Crippen LogP contribution in [0.5, 0.6) is 0 Å². The van der Waals surface area contributed by atoms with Gasteiger partial charge in [-0.15, -0.1) is 0 Å². The van der Waals surface area contributed by atoms with Crippen molar-refractivity contribution in [3.05, 3.63) is 24.0 Å². The first-order valence-corrected chi connectivity index (χ1v) is 7.49. The smallest absolute Gasteiger partial charge is 0.304 e. The first kappa shape index (κ1) is 14.4. The summed E-state index contributed by atoms with van der Waals surface area (Å²) in [4.78, 5) is 14.3. The fraction of sp³-hybridized carbons (Fsp3) is 0.417. The van der Waals surface area contributed by atoms with Crippen molar-refractivity contribution in [3.63, 3.8) is 0 Å². The zero-order valence-electron chi connectivity index (χ0n) is 10.6. The molecule has 0 spiro atoms. The number of nitriles is 1. The van der Waals surface area contributed by atoms with E-state index in [0.717, 1.165) is 19.0 Å². The number of aromatic nitrogens is 1. The Hall–Kier alpha value is -1.98. The first-order chi connectivity index (χ1) is 9.45. The molecule has 1 heterocycles. The summed E-state index contributed by atoms with van der Waals surface area (Å²) in [6.45, 7) is -0.0532. The highest BCUT2D eigenvalue weighted by Crippen LogP contribution is 2.31. The van der Waals surface area contributed by atoms with Crippen LogP contribution in [0.1, 0.15) is 25.0 Å². The molecular weight excluding hydrogens is 282 g/mol. The van der Waals surface area contributed by atoms with E-state index in [1.54, 1.807) is 0 Å². The van der Waals surface area contributed by atoms with Crippen molar-refractivity contribution in [1.82, 2.24) is 9.29 Å². The van der Waals surface area contributed by atoms with Crippen molar-refractivity contribution >= 4 is 16.0 Å². The summed E-state index contributed by atoms with van der Waals surface area (Å²) < 4.78 is 26.1. The van der Waals surface area contributed by atoms with E-state index < -0.39 is 16.0 Å². The number of aliphatic carboxylic acids is 1. The van der Waals surface area contributed by atoms with E-state index in [4.69, 9.17) is 10.4 Å². The Kier molecular flexibility index (Phi) is 4.01. The number of rotatable bonds is 6. The molecule has 2 rings (SSSR count). The maximum atomic E-state index is 12.4. The van der Waals surface area contributed by atoms with Crippen LogP contribution in [0.2, 0.25) is 0 Å². The Morgan fingerprint density at radius 2 is 2.20 bits per heavy atom. The standard InChI is InChI=1S/C12H13N3O4S/c13-7-9-1-4-11(8-14-9)20(18,19)15(10-2-3-10)6-5-12(16)17/h1,4,8,10H,2-3,5-6H2,(H,16,17). The predicted octanol–water partition coefficient (Wildman–Crippen LogP) is 0.581. The number of hydrogen-bond donors (Lipinski definition) is 1. The Morgan fingerprint density at radius 1 is 1.50 bits per heavy atom. The van der Waals surface area contributed by atoms with Crippen LogP contribution in [0.15, 0.2) is 23.2 Å². The van der Waals surface area contributed by atoms with Crippen LogP contribution >= 0.6 is 0 Å². The van der Waals surface area contributed by atoms with Gasteiger partial charge in [-0.25, -0.2) is 13.4 Å². The molecule has 0 atom stereocenters. The van der Waals surface area contributed by atoms with Gasteiger partial charge in [0.25, 0.3) is 0 Å². The van der Waals surface area contributed by atoms with Crippen molar-refractivity contribution in [2.24, 2.45) is 0 Å². The second-order valence-corrected chi connectivity index (χ2v) is 6.37. The minimum absolute atomic E-state index is 0.0196. The van der Waals surface area contributed by atoms with E-state index in [0.29, 0.717) is 0 Å². The molecule has 0 amide bonds. The zero-order chi connectivity index (χ0) is 14.8. The maximum Gasteiger partial charge on any atom is 0.304 e. The molecule has 0 aromatic carbocycles. The number of sulfonamides is 1. The number of carboxylic acids is 1. The van der Waals surface area contributed by atoms with E-state index in [9.17, 15) is 13.2 Å². The van der Waals surface area contributed by atoms with Crippen LogP contribution in [-0.4, -0.2) is 41.4 Å². The fourth-order valence-electron chi connectivity index (χ4n) is 1.80. The van der Waals surface area contributed by atoms with Crippen molar-refractivity contribution in [3.8, 4) is 6.07 Å². The van der Waals surface area contributed by atoms with E-state index in [2.05, 4.69) is 4.98 Å². The molecule has 8 heteroatoms. The lowest BCUT2D eigenvalue weighted by atomic mass is 10.4. The van der Waals surface area contributed by atoms with Crippen molar-refractivity contribution in [2.45, 2.75) is 30.2 Å². The molecule has 1 aromatic rings. The summed E-state index contributed by atoms with van der Waals surface area (Å²) in [5.74, 6) is -1.04. The number of hydrogen-bond acceptors (Lipinski definition) is 5. The van der Waals surface area contributed by atoms with Crippen molar-refractivity contribution in [1.29, 1.82) is 5.26 Å². The van der Waals surface area contributed by atoms with Gasteiger partial charge in [-0.05, 0) is 25.0 Å². The van der Waals surface area contributed by atoms with Gasteiger partial charge in [-0.3, -0.25) is 4.79 Å². The summed E-state index contributed by atoms with van der Waals surface area (Å²) in [5, 5.41) is 17.3. The quantitative estimate of drug-likeness (QED) is 0.821. The molecule has 0 radical (unpaired) electrons. The Morgan fingerprint density at radius 3 is 2.65 bits per heavy atom. The largest absolute Gasteiger partial charge is 0.481 e. The lowest BCUT2D eigenvalue weighted by Crippen LogP contribution is -2.35. The number of carboxylic acid groups (broad SMARTS) is 1. The molecule has 0 unspecified atom stereocenters. The lowest BCUT2D eigenvalue weighted by Gasteiger charge is -2.20. The molecule has 1 N–H and O–H groups in total. The van der Waals surface area contributed by atoms with Crippen LogP contribution in [0.4, 0.5) is 0 Å². The molecule has 20 heavy (non-hydrogen) atoms. The van der Waals surface area contributed by atoms with E-state index in [1.807, 2.05) is 6.07 Å². The maximum absolute atomic E-state index is 12.4. The average molecular weight is 295 g/mol. The molecule has 1 aliphatic rings. The van der Waals surface area contributed by atoms with E-state index in [1.165, 1.54) is 16.4 Å². The Bertz CT molecular complexity index is 644. The molecule has 106 valence electrons. The molecule has 1 aromatic heterocycles. The molecule has 0 bridgehead atoms. The number of carbonyl (C=O) groups is 1. The predicted molar refractivity (Wildman–Crippen MR) is 68.1 cm³/mol. The average Bonchev–Trinajstić information content (AvgIpc) is 3.23. The lowest BCUT2D eigenvalue weighted by molar-refractivity contribution is -0.137. The van der Waals surface area contributed by atoms with Gasteiger partial charge in [0.1, 0.15) is 16.7 Å². The van der Waals surface area contributed by atoms with Crippen LogP contribution < -0.4 is 0 Å². The van der Waals surface area contributed by atoms with Crippen LogP contribution in [0, 0.1) is 11.3 Å². The Balaban J connectivity index is 2.25. The molecule has 1 fully saturated rings. The molecule has 7 nitrogen and oxygen atoms in total. The molecule has 1 saturated carbocycles. The minimum atomic E-state index is -3.76. The second kappa shape index (κ2) is 5.56. The third-order valence-corrected chi connectivity index (χ3v) is 4.89. The molecule has 0 aliphatic heterocycles. The summed E-state index contributed by atoms with van der Waals surface area (Å²) in [6.07, 6.45) is 2.37. The molecule has 0 saturated heterocycles. The number of nitrogens with zero attached hydrogens (tertiary/aromatic N) is 3. The highest BCUT2D eigenvalue weighted by atomic mass is 32.2. The normalized spacial score (nSPS) is 15.0. The van der Waals surface area contributed by atoms with Gasteiger partial charge in [0, 0.05) is 18.8 Å². The monoisotopic (exact) mass is 295 g/mol. The fourth-order valence-corrected chi connectivity index (χ4v) is 3.43. The van der Waals surface area contributed by atoms with Crippen LogP contribution in [0.3, 0.4) is 0 Å². The van der Waals surface area contributed by atoms with Gasteiger partial charge >= 0.3 is 5.97 Å². The third kappa shape index (κ3) is 3.12. The SMILES string of the molecule is N#Cc1ccc(S(=O)(=O)N(CCC(=O)O)C2CC2)cn1. The summed E-state index contributed by atoms with van der Waals surface area (Å²) in [6, 6.07) is 4.33. The summed E-state index contributed by atoms with van der Waals surface area (Å²) >= 11 is 0. The van der Waals surface area contributed by atoms with Gasteiger partial charge in [-0.1, -0.05) is 0 Å². The Labute approximate surface area is 116 Å². The van der Waals surface area contributed by atoms with Gasteiger partial charge in [0.05, 0.1) is 6.42 Å². The van der Waals surface area contributed by atoms with Crippen LogP contribution in [-0.2, 0) is 14.8 Å². The number of pyridine rings is 1. The second-order valence-electron chi connectivity index (χ2n) is 4.48. The van der Waals surface area contributed by atoms with Gasteiger partial charge in [0.2, 0.25) is 10.0 Å². The highest BCUT2D eigenvalue weighted by Gasteiger charge is 2.38. The van der Waals surface area contributed by atoms with Gasteiger partial charge in [-0.2, -0.15) is 9.57 Å². The van der Waals surface area contributed by atoms with Crippen molar-refractivity contribution in [2.75, 3.05) is 6.54 Å². The third-order valence-electron chi connectivity index (χ3n) is 2.96. The first-order valence-electron chi connectivity index (χ1n) is 6.05. The topological polar surface area (TPSA) is 111 Å². The van der Waals surface area contributed by atoms with Crippen molar-refractivity contribution < 1.29 is 18.3 Å². The summed E-state index contributed by atoms with van der Waals surface area (Å²) in [7, 11) is -3.76. The van der Waals surface area contributed by atoms with Gasteiger partial charge in [0.15, 0.2) is 0 Å². The molecular formula is C12H13N3O4S. The van der Waals surface area contributed by atoms with E-state index >= 15 is 0 Å². The van der Waals surface area contributed by atoms with Gasteiger partial charge < -0.3 is 5.11 Å². The van der Waals surface area contributed by atoms with E-state index in [-0.39, 0.29) is 29.6 Å².